The van der Waals surface area contributed by atoms with Crippen molar-refractivity contribution in [1.82, 2.24) is 4.90 Å². The summed E-state index contributed by atoms with van der Waals surface area (Å²) in [6.07, 6.45) is 0. The number of benzene rings is 2. The summed E-state index contributed by atoms with van der Waals surface area (Å²) in [5.74, 6) is 1.02. The van der Waals surface area contributed by atoms with Gasteiger partial charge in [-0.2, -0.15) is 0 Å². The van der Waals surface area contributed by atoms with Crippen LogP contribution < -0.4 is 4.74 Å². The van der Waals surface area contributed by atoms with E-state index in [-0.39, 0.29) is 17.1 Å². The molecule has 1 atom stereocenters. The molecule has 1 amide bonds. The molecule has 0 aliphatic carbocycles. The number of methoxy groups -OCH3 is 1. The van der Waals surface area contributed by atoms with E-state index in [4.69, 9.17) is 4.74 Å². The highest BCUT2D eigenvalue weighted by Gasteiger charge is 2.32. The minimum absolute atomic E-state index is 0.0864. The summed E-state index contributed by atoms with van der Waals surface area (Å²) in [6.45, 7) is 0.642. The third kappa shape index (κ3) is 2.81. The van der Waals surface area contributed by atoms with E-state index in [9.17, 15) is 9.18 Å². The van der Waals surface area contributed by atoms with Crippen LogP contribution in [0.4, 0.5) is 4.39 Å². The molecule has 1 saturated heterocycles. The monoisotopic (exact) mass is 317 g/mol. The Hall–Kier alpha value is -2.01. The van der Waals surface area contributed by atoms with E-state index in [1.807, 2.05) is 18.2 Å². The Balaban J connectivity index is 1.91. The predicted molar refractivity (Wildman–Crippen MR) is 85.6 cm³/mol. The fourth-order valence-corrected chi connectivity index (χ4v) is 3.84. The molecule has 0 spiro atoms. The van der Waals surface area contributed by atoms with Gasteiger partial charge in [0.15, 0.2) is 0 Å². The number of amides is 1. The Bertz CT molecular complexity index is 692. The van der Waals surface area contributed by atoms with Gasteiger partial charge >= 0.3 is 0 Å². The van der Waals surface area contributed by atoms with Crippen molar-refractivity contribution in [2.75, 3.05) is 19.4 Å². The molecule has 0 saturated carbocycles. The van der Waals surface area contributed by atoms with Gasteiger partial charge in [-0.05, 0) is 29.8 Å². The predicted octanol–water partition coefficient (Wildman–Crippen LogP) is 3.72. The molecule has 1 aliphatic heterocycles. The van der Waals surface area contributed by atoms with Crippen LogP contribution in [0.3, 0.4) is 0 Å². The summed E-state index contributed by atoms with van der Waals surface area (Å²) >= 11 is 1.65. The van der Waals surface area contributed by atoms with Crippen molar-refractivity contribution < 1.29 is 13.9 Å². The highest BCUT2D eigenvalue weighted by Crippen LogP contribution is 2.39. The summed E-state index contributed by atoms with van der Waals surface area (Å²) in [7, 11) is 1.55. The molecule has 0 aromatic heterocycles. The van der Waals surface area contributed by atoms with E-state index < -0.39 is 0 Å². The molecule has 22 heavy (non-hydrogen) atoms. The number of carbonyl (C=O) groups excluding carboxylic acids is 1. The lowest BCUT2D eigenvalue weighted by Gasteiger charge is -2.25. The first-order valence-electron chi connectivity index (χ1n) is 7.02. The molecular weight excluding hydrogens is 301 g/mol. The van der Waals surface area contributed by atoms with Crippen molar-refractivity contribution in [3.8, 4) is 5.75 Å². The maximum atomic E-state index is 13.5. The van der Waals surface area contributed by atoms with Gasteiger partial charge in [-0.1, -0.05) is 24.3 Å². The average Bonchev–Trinajstić information content (AvgIpc) is 3.03. The van der Waals surface area contributed by atoms with Crippen LogP contribution in [0.15, 0.2) is 48.5 Å². The van der Waals surface area contributed by atoms with Crippen LogP contribution in [0, 0.1) is 5.82 Å². The summed E-state index contributed by atoms with van der Waals surface area (Å²) < 4.78 is 18.7. The molecule has 1 aliphatic rings. The van der Waals surface area contributed by atoms with Crippen LogP contribution in [0.2, 0.25) is 0 Å². The van der Waals surface area contributed by atoms with Gasteiger partial charge in [-0.15, -0.1) is 11.8 Å². The van der Waals surface area contributed by atoms with E-state index in [0.717, 1.165) is 11.3 Å². The molecule has 114 valence electrons. The smallest absolute Gasteiger partial charge is 0.258 e. The van der Waals surface area contributed by atoms with Crippen molar-refractivity contribution in [3.63, 3.8) is 0 Å². The molecule has 2 aromatic rings. The summed E-state index contributed by atoms with van der Waals surface area (Å²) in [5.41, 5.74) is 1.35. The summed E-state index contributed by atoms with van der Waals surface area (Å²) in [6, 6.07) is 13.6. The van der Waals surface area contributed by atoms with Crippen LogP contribution in [-0.4, -0.2) is 30.2 Å². The minimum atomic E-state index is -0.283. The lowest BCUT2D eigenvalue weighted by molar-refractivity contribution is 0.0756. The van der Waals surface area contributed by atoms with Gasteiger partial charge < -0.3 is 9.64 Å². The first-order valence-corrected chi connectivity index (χ1v) is 8.06. The number of rotatable bonds is 3. The lowest BCUT2D eigenvalue weighted by Crippen LogP contribution is -2.30. The van der Waals surface area contributed by atoms with Crippen molar-refractivity contribution >= 4 is 17.7 Å². The average molecular weight is 317 g/mol. The van der Waals surface area contributed by atoms with E-state index >= 15 is 0 Å². The fraction of sp³-hybridized carbons (Fsp3) is 0.235. The Morgan fingerprint density at radius 2 is 2.09 bits per heavy atom. The topological polar surface area (TPSA) is 29.5 Å². The molecule has 1 fully saturated rings. The molecule has 3 rings (SSSR count). The Morgan fingerprint density at radius 3 is 2.86 bits per heavy atom. The van der Waals surface area contributed by atoms with Gasteiger partial charge in [0.05, 0.1) is 12.7 Å². The van der Waals surface area contributed by atoms with E-state index in [1.165, 1.54) is 12.1 Å². The second kappa shape index (κ2) is 6.40. The Morgan fingerprint density at radius 1 is 1.27 bits per heavy atom. The zero-order chi connectivity index (χ0) is 15.5. The number of thioether (sulfide) groups is 1. The van der Waals surface area contributed by atoms with Gasteiger partial charge in [-0.25, -0.2) is 4.39 Å². The number of carbonyl (C=O) groups is 1. The first-order chi connectivity index (χ1) is 10.7. The maximum Gasteiger partial charge on any atom is 0.258 e. The molecule has 0 bridgehead atoms. The van der Waals surface area contributed by atoms with Crippen molar-refractivity contribution in [1.29, 1.82) is 0 Å². The van der Waals surface area contributed by atoms with Crippen molar-refractivity contribution in [2.24, 2.45) is 0 Å². The molecule has 0 radical (unpaired) electrons. The minimum Gasteiger partial charge on any atom is -0.496 e. The number of hydrogen-bond acceptors (Lipinski definition) is 3. The van der Waals surface area contributed by atoms with Gasteiger partial charge in [0.2, 0.25) is 0 Å². The van der Waals surface area contributed by atoms with Gasteiger partial charge in [-0.3, -0.25) is 4.79 Å². The highest BCUT2D eigenvalue weighted by molar-refractivity contribution is 7.99. The molecule has 2 aromatic carbocycles. The normalized spacial score (nSPS) is 17.5. The zero-order valence-corrected chi connectivity index (χ0v) is 13.0. The number of ether oxygens (including phenoxy) is 1. The lowest BCUT2D eigenvalue weighted by atomic mass is 10.1. The van der Waals surface area contributed by atoms with Crippen LogP contribution in [0.25, 0.3) is 0 Å². The summed E-state index contributed by atoms with van der Waals surface area (Å²) in [4.78, 5) is 14.6. The fourth-order valence-electron chi connectivity index (χ4n) is 2.59. The first kappa shape index (κ1) is 14.9. The second-order valence-electron chi connectivity index (χ2n) is 4.98. The Kier molecular flexibility index (Phi) is 4.34. The van der Waals surface area contributed by atoms with Gasteiger partial charge in [0, 0.05) is 12.3 Å². The second-order valence-corrected chi connectivity index (χ2v) is 6.17. The third-order valence-corrected chi connectivity index (χ3v) is 4.88. The van der Waals surface area contributed by atoms with E-state index in [2.05, 4.69) is 0 Å². The number of para-hydroxylation sites is 1. The van der Waals surface area contributed by atoms with Crippen LogP contribution in [0.1, 0.15) is 21.3 Å². The molecule has 0 N–H and O–H groups in total. The molecule has 1 heterocycles. The summed E-state index contributed by atoms with van der Waals surface area (Å²) in [5, 5.41) is -0.159. The maximum absolute atomic E-state index is 13.5. The SMILES string of the molecule is COc1ccccc1C(=O)N1CCSC1c1cccc(F)c1. The number of hydrogen-bond donors (Lipinski definition) is 0. The number of halogens is 1. The van der Waals surface area contributed by atoms with Crippen LogP contribution in [-0.2, 0) is 0 Å². The van der Waals surface area contributed by atoms with Crippen LogP contribution >= 0.6 is 11.8 Å². The Labute approximate surface area is 133 Å². The van der Waals surface area contributed by atoms with Crippen molar-refractivity contribution in [3.05, 3.63) is 65.5 Å². The van der Waals surface area contributed by atoms with Crippen molar-refractivity contribution in [2.45, 2.75) is 5.37 Å². The quantitative estimate of drug-likeness (QED) is 0.864. The molecular formula is C17H16FNO2S. The third-order valence-electron chi connectivity index (χ3n) is 3.62. The molecule has 5 heteroatoms. The largest absolute Gasteiger partial charge is 0.496 e. The van der Waals surface area contributed by atoms with Crippen LogP contribution in [0.5, 0.6) is 5.75 Å². The van der Waals surface area contributed by atoms with Gasteiger partial charge in [0.1, 0.15) is 16.9 Å². The molecule has 3 nitrogen and oxygen atoms in total. The van der Waals surface area contributed by atoms with E-state index in [0.29, 0.717) is 17.9 Å². The standard InChI is InChI=1S/C17H16FNO2S/c1-21-15-8-3-2-7-14(15)16(20)19-9-10-22-17(19)12-5-4-6-13(18)11-12/h2-8,11,17H,9-10H2,1H3. The number of nitrogens with zero attached hydrogens (tertiary/aromatic N) is 1. The van der Waals surface area contributed by atoms with E-state index in [1.54, 1.807) is 42.0 Å². The van der Waals surface area contributed by atoms with Gasteiger partial charge in [0.25, 0.3) is 5.91 Å². The molecule has 1 unspecified atom stereocenters. The zero-order valence-electron chi connectivity index (χ0n) is 12.2. The highest BCUT2D eigenvalue weighted by atomic mass is 32.2.